The van der Waals surface area contributed by atoms with Gasteiger partial charge in [0.2, 0.25) is 0 Å². The number of methoxy groups -OCH3 is 1. The fraction of sp³-hybridized carbons (Fsp3) is 0.923. The van der Waals surface area contributed by atoms with Gasteiger partial charge in [-0.1, -0.05) is 19.3 Å². The Morgan fingerprint density at radius 2 is 1.59 bits per heavy atom. The summed E-state index contributed by atoms with van der Waals surface area (Å²) in [5.41, 5.74) is -0.390. The van der Waals surface area contributed by atoms with Crippen molar-refractivity contribution in [3.8, 4) is 0 Å². The lowest BCUT2D eigenvalue weighted by Crippen LogP contribution is -2.39. The Morgan fingerprint density at radius 3 is 2.00 bits per heavy atom. The van der Waals surface area contributed by atoms with Gasteiger partial charge in [-0.3, -0.25) is 0 Å². The average Bonchev–Trinajstić information content (AvgIpc) is 2.17. The summed E-state index contributed by atoms with van der Waals surface area (Å²) in [7, 11) is 3.25. The van der Waals surface area contributed by atoms with Gasteiger partial charge in [0.05, 0.1) is 0 Å². The van der Waals surface area contributed by atoms with Gasteiger partial charge in [-0.15, -0.1) is 0 Å². The molecule has 0 atom stereocenters. The van der Waals surface area contributed by atoms with E-state index in [-0.39, 0.29) is 6.09 Å². The van der Waals surface area contributed by atoms with Crippen LogP contribution in [0.1, 0.15) is 52.9 Å². The number of carbonyl (C=O) groups excluding carboxylic acids is 1. The number of hydrogen-bond donors (Lipinski definition) is 1. The molecule has 0 heterocycles. The molecule has 17 heavy (non-hydrogen) atoms. The van der Waals surface area contributed by atoms with Crippen LogP contribution in [0.2, 0.25) is 0 Å². The molecule has 0 spiro atoms. The maximum absolute atomic E-state index is 11.4. The summed E-state index contributed by atoms with van der Waals surface area (Å²) in [4.78, 5) is 11.4. The van der Waals surface area contributed by atoms with Crippen LogP contribution in [-0.2, 0) is 9.47 Å². The van der Waals surface area contributed by atoms with Crippen LogP contribution in [-0.4, -0.2) is 32.0 Å². The number of rotatable bonds is 1. The standard InChI is InChI=1S/C11H21NO2.C2H6O/c1-11(2,3)14-10(13)12-9-7-5-4-6-8-9;1-3-2/h9H,4-8H2,1-3H3,(H,12,13);1-2H3. The Labute approximate surface area is 105 Å². The second-order valence-corrected chi connectivity index (χ2v) is 5.39. The van der Waals surface area contributed by atoms with Gasteiger partial charge in [0, 0.05) is 20.3 Å². The number of nitrogens with one attached hydrogen (secondary N) is 1. The zero-order valence-corrected chi connectivity index (χ0v) is 11.8. The maximum atomic E-state index is 11.4. The molecule has 0 saturated heterocycles. The van der Waals surface area contributed by atoms with Crippen LogP contribution in [0, 0.1) is 0 Å². The molecule has 1 N–H and O–H groups in total. The molecule has 1 fully saturated rings. The molecule has 102 valence electrons. The first kappa shape index (κ1) is 16.2. The quantitative estimate of drug-likeness (QED) is 0.772. The second kappa shape index (κ2) is 8.34. The molecular formula is C13H27NO3. The van der Waals surface area contributed by atoms with Crippen LogP contribution in [0.15, 0.2) is 0 Å². The monoisotopic (exact) mass is 245 g/mol. The minimum absolute atomic E-state index is 0.274. The first-order chi connectivity index (χ1) is 7.89. The van der Waals surface area contributed by atoms with Crippen molar-refractivity contribution < 1.29 is 14.3 Å². The van der Waals surface area contributed by atoms with E-state index in [4.69, 9.17) is 4.74 Å². The fourth-order valence-electron chi connectivity index (χ4n) is 1.72. The van der Waals surface area contributed by atoms with E-state index < -0.39 is 5.60 Å². The maximum Gasteiger partial charge on any atom is 0.407 e. The van der Waals surface area contributed by atoms with Crippen LogP contribution in [0.4, 0.5) is 4.79 Å². The van der Waals surface area contributed by atoms with Crippen molar-refractivity contribution in [2.75, 3.05) is 14.2 Å². The molecule has 1 amide bonds. The first-order valence-corrected chi connectivity index (χ1v) is 6.28. The third-order valence-corrected chi connectivity index (χ3v) is 2.33. The van der Waals surface area contributed by atoms with Gasteiger partial charge < -0.3 is 14.8 Å². The van der Waals surface area contributed by atoms with E-state index in [2.05, 4.69) is 10.1 Å². The SMILES string of the molecule is CC(C)(C)OC(=O)NC1CCCCC1.COC. The molecule has 0 aromatic rings. The minimum atomic E-state index is -0.390. The number of amides is 1. The van der Waals surface area contributed by atoms with E-state index in [1.54, 1.807) is 14.2 Å². The third kappa shape index (κ3) is 10.1. The highest BCUT2D eigenvalue weighted by Gasteiger charge is 2.20. The Balaban J connectivity index is 0.000000770. The lowest BCUT2D eigenvalue weighted by atomic mass is 9.96. The van der Waals surface area contributed by atoms with Crippen LogP contribution in [0.3, 0.4) is 0 Å². The van der Waals surface area contributed by atoms with E-state index in [0.29, 0.717) is 6.04 Å². The molecule has 1 aliphatic rings. The summed E-state index contributed by atoms with van der Waals surface area (Å²) in [5.74, 6) is 0. The number of carbonyl (C=O) groups is 1. The zero-order valence-electron chi connectivity index (χ0n) is 11.8. The average molecular weight is 245 g/mol. The van der Waals surface area contributed by atoms with Crippen molar-refractivity contribution in [1.82, 2.24) is 5.32 Å². The molecule has 0 radical (unpaired) electrons. The Kier molecular flexibility index (Phi) is 7.96. The highest BCUT2D eigenvalue weighted by atomic mass is 16.6. The van der Waals surface area contributed by atoms with E-state index in [1.165, 1.54) is 19.3 Å². The summed E-state index contributed by atoms with van der Waals surface area (Å²) in [6.45, 7) is 5.65. The number of alkyl carbamates (subject to hydrolysis) is 1. The summed E-state index contributed by atoms with van der Waals surface area (Å²) in [5, 5.41) is 2.91. The van der Waals surface area contributed by atoms with Crippen molar-refractivity contribution in [1.29, 1.82) is 0 Å². The van der Waals surface area contributed by atoms with Crippen molar-refractivity contribution in [2.45, 2.75) is 64.5 Å². The number of hydrogen-bond acceptors (Lipinski definition) is 3. The first-order valence-electron chi connectivity index (χ1n) is 6.28. The van der Waals surface area contributed by atoms with Crippen molar-refractivity contribution in [2.24, 2.45) is 0 Å². The summed E-state index contributed by atoms with van der Waals surface area (Å²) >= 11 is 0. The molecule has 0 aliphatic heterocycles. The summed E-state index contributed by atoms with van der Waals surface area (Å²) in [6.07, 6.45) is 5.66. The molecule has 4 heteroatoms. The summed E-state index contributed by atoms with van der Waals surface area (Å²) < 4.78 is 9.44. The van der Waals surface area contributed by atoms with Crippen molar-refractivity contribution in [3.05, 3.63) is 0 Å². The smallest absolute Gasteiger partial charge is 0.407 e. The topological polar surface area (TPSA) is 47.6 Å². The van der Waals surface area contributed by atoms with E-state index in [1.807, 2.05) is 20.8 Å². The zero-order chi connectivity index (χ0) is 13.3. The molecule has 4 nitrogen and oxygen atoms in total. The lowest BCUT2D eigenvalue weighted by Gasteiger charge is -2.25. The lowest BCUT2D eigenvalue weighted by molar-refractivity contribution is 0.0493. The molecule has 1 aliphatic carbocycles. The van der Waals surface area contributed by atoms with E-state index in [9.17, 15) is 4.79 Å². The van der Waals surface area contributed by atoms with Gasteiger partial charge >= 0.3 is 6.09 Å². The van der Waals surface area contributed by atoms with E-state index >= 15 is 0 Å². The van der Waals surface area contributed by atoms with Crippen LogP contribution in [0.5, 0.6) is 0 Å². The molecule has 0 unspecified atom stereocenters. The van der Waals surface area contributed by atoms with Crippen LogP contribution < -0.4 is 5.32 Å². The fourth-order valence-corrected chi connectivity index (χ4v) is 1.72. The van der Waals surface area contributed by atoms with Crippen LogP contribution >= 0.6 is 0 Å². The highest BCUT2D eigenvalue weighted by molar-refractivity contribution is 5.68. The van der Waals surface area contributed by atoms with Gasteiger partial charge in [0.15, 0.2) is 0 Å². The van der Waals surface area contributed by atoms with Gasteiger partial charge in [-0.2, -0.15) is 0 Å². The van der Waals surface area contributed by atoms with Crippen molar-refractivity contribution in [3.63, 3.8) is 0 Å². The van der Waals surface area contributed by atoms with Crippen LogP contribution in [0.25, 0.3) is 0 Å². The predicted molar refractivity (Wildman–Crippen MR) is 69.2 cm³/mol. The molecular weight excluding hydrogens is 218 g/mol. The highest BCUT2D eigenvalue weighted by Crippen LogP contribution is 2.18. The van der Waals surface area contributed by atoms with Gasteiger partial charge in [-0.25, -0.2) is 4.79 Å². The second-order valence-electron chi connectivity index (χ2n) is 5.39. The predicted octanol–water partition coefficient (Wildman–Crippen LogP) is 3.11. The Morgan fingerprint density at radius 1 is 1.12 bits per heavy atom. The summed E-state index contributed by atoms with van der Waals surface area (Å²) in [6, 6.07) is 0.332. The molecule has 1 rings (SSSR count). The third-order valence-electron chi connectivity index (χ3n) is 2.33. The molecule has 1 saturated carbocycles. The van der Waals surface area contributed by atoms with E-state index in [0.717, 1.165) is 12.8 Å². The molecule has 0 aromatic carbocycles. The molecule has 0 bridgehead atoms. The number of ether oxygens (including phenoxy) is 2. The Hall–Kier alpha value is -0.770. The van der Waals surface area contributed by atoms with Crippen molar-refractivity contribution >= 4 is 6.09 Å². The molecule has 0 aromatic heterocycles. The normalized spacial score (nSPS) is 16.8. The van der Waals surface area contributed by atoms with Gasteiger partial charge in [0.1, 0.15) is 5.60 Å². The Bertz CT molecular complexity index is 205. The largest absolute Gasteiger partial charge is 0.444 e. The minimum Gasteiger partial charge on any atom is -0.444 e. The van der Waals surface area contributed by atoms with Gasteiger partial charge in [0.25, 0.3) is 0 Å². The van der Waals surface area contributed by atoms with Gasteiger partial charge in [-0.05, 0) is 33.6 Å².